The van der Waals surface area contributed by atoms with E-state index in [-0.39, 0.29) is 0 Å². The van der Waals surface area contributed by atoms with E-state index >= 15 is 0 Å². The van der Waals surface area contributed by atoms with Gasteiger partial charge in [0.1, 0.15) is 0 Å². The highest BCUT2D eigenvalue weighted by Gasteiger charge is 1.97. The highest BCUT2D eigenvalue weighted by molar-refractivity contribution is 6.42. The molecule has 0 radical (unpaired) electrons. The monoisotopic (exact) mass is 189 g/mol. The topological polar surface area (TPSA) is 37.0 Å². The van der Waals surface area contributed by atoms with Crippen molar-refractivity contribution in [1.82, 2.24) is 0 Å². The summed E-state index contributed by atoms with van der Waals surface area (Å²) in [7, 11) is 0. The first-order valence-corrected chi connectivity index (χ1v) is 3.65. The molecule has 1 aromatic rings. The number of benzene rings is 1. The molecule has 2 nitrogen and oxygen atoms in total. The van der Waals surface area contributed by atoms with Crippen LogP contribution in [-0.4, -0.2) is 6.21 Å². The number of hydrogen-bond acceptors (Lipinski definition) is 1. The van der Waals surface area contributed by atoms with Crippen LogP contribution in [0.25, 0.3) is 0 Å². The summed E-state index contributed by atoms with van der Waals surface area (Å²) in [4.78, 5) is 0. The molecule has 1 N–H and O–H groups in total. The van der Waals surface area contributed by atoms with E-state index in [0.717, 1.165) is 0 Å². The van der Waals surface area contributed by atoms with Crippen LogP contribution >= 0.6 is 23.2 Å². The van der Waals surface area contributed by atoms with Crippen LogP contribution < -0.4 is 5.16 Å². The lowest BCUT2D eigenvalue weighted by molar-refractivity contribution is -0.366. The molecule has 0 aliphatic heterocycles. The van der Waals surface area contributed by atoms with Crippen LogP contribution in [0, 0.1) is 5.21 Å². The zero-order chi connectivity index (χ0) is 8.27. The van der Waals surface area contributed by atoms with Gasteiger partial charge in [0.15, 0.2) is 6.21 Å². The van der Waals surface area contributed by atoms with E-state index in [1.165, 1.54) is 6.21 Å². The van der Waals surface area contributed by atoms with Crippen LogP contribution in [0.4, 0.5) is 0 Å². The van der Waals surface area contributed by atoms with E-state index in [0.29, 0.717) is 15.6 Å². The average molecular weight is 190 g/mol. The van der Waals surface area contributed by atoms with Gasteiger partial charge in [0, 0.05) is 5.56 Å². The molecule has 0 amide bonds. The molecule has 0 bridgehead atoms. The van der Waals surface area contributed by atoms with Crippen molar-refractivity contribution in [2.24, 2.45) is 0 Å². The summed E-state index contributed by atoms with van der Waals surface area (Å²) in [6.45, 7) is 0. The second-order valence-electron chi connectivity index (χ2n) is 1.94. The lowest BCUT2D eigenvalue weighted by atomic mass is 10.2. The second kappa shape index (κ2) is 3.60. The normalized spacial score (nSPS) is 10.7. The zero-order valence-electron chi connectivity index (χ0n) is 5.47. The molecule has 11 heavy (non-hydrogen) atoms. The molecule has 0 aliphatic rings. The Balaban J connectivity index is 3.05. The highest BCUT2D eigenvalue weighted by Crippen LogP contribution is 2.21. The predicted molar refractivity (Wildman–Crippen MR) is 46.0 cm³/mol. The number of nitrogens with one attached hydrogen (secondary N) is 1. The molecule has 0 unspecified atom stereocenters. The fraction of sp³-hybridized carbons (Fsp3) is 0. The lowest BCUT2D eigenvalue weighted by Gasteiger charge is -1.94. The number of halogens is 2. The first-order chi connectivity index (χ1) is 5.24. The summed E-state index contributed by atoms with van der Waals surface area (Å²) in [6.07, 6.45) is 1.29. The van der Waals surface area contributed by atoms with Crippen molar-refractivity contribution in [3.05, 3.63) is 39.0 Å². The van der Waals surface area contributed by atoms with Crippen LogP contribution in [0.3, 0.4) is 0 Å². The van der Waals surface area contributed by atoms with Crippen molar-refractivity contribution in [1.29, 1.82) is 0 Å². The molecular formula is C7H5Cl2NO. The maximum Gasteiger partial charge on any atom is 0.179 e. The molecule has 0 saturated heterocycles. The van der Waals surface area contributed by atoms with Crippen molar-refractivity contribution in [3.63, 3.8) is 0 Å². The second-order valence-corrected chi connectivity index (χ2v) is 2.75. The van der Waals surface area contributed by atoms with Crippen LogP contribution in [0.5, 0.6) is 0 Å². The minimum Gasteiger partial charge on any atom is -0.625 e. The smallest absolute Gasteiger partial charge is 0.179 e. The molecule has 58 valence electrons. The first kappa shape index (κ1) is 8.37. The Bertz CT molecular complexity index is 286. The van der Waals surface area contributed by atoms with Crippen molar-refractivity contribution in [2.75, 3.05) is 0 Å². The van der Waals surface area contributed by atoms with Gasteiger partial charge in [-0.1, -0.05) is 23.2 Å². The summed E-state index contributed by atoms with van der Waals surface area (Å²) >= 11 is 11.3. The molecule has 4 heteroatoms. The largest absolute Gasteiger partial charge is 0.625 e. The molecule has 0 heterocycles. The van der Waals surface area contributed by atoms with Gasteiger partial charge in [-0.15, -0.1) is 0 Å². The summed E-state index contributed by atoms with van der Waals surface area (Å²) in [5, 5.41) is 12.5. The molecule has 0 atom stereocenters. The Kier molecular flexibility index (Phi) is 2.74. The third-order valence-corrected chi connectivity index (χ3v) is 1.91. The van der Waals surface area contributed by atoms with Crippen molar-refractivity contribution < 1.29 is 5.16 Å². The lowest BCUT2D eigenvalue weighted by Crippen LogP contribution is -2.60. The van der Waals surface area contributed by atoms with Crippen LogP contribution in [0.1, 0.15) is 5.56 Å². The molecule has 1 aromatic carbocycles. The molecule has 0 fully saturated rings. The molecule has 0 aromatic heterocycles. The fourth-order valence-corrected chi connectivity index (χ4v) is 0.977. The minimum atomic E-state index is 0.440. The maximum absolute atomic E-state index is 9.91. The Hall–Kier alpha value is -0.730. The first-order valence-electron chi connectivity index (χ1n) is 2.90. The van der Waals surface area contributed by atoms with Crippen LogP contribution in [-0.2, 0) is 0 Å². The van der Waals surface area contributed by atoms with E-state index < -0.39 is 0 Å². The molecule has 0 saturated carbocycles. The quantitative estimate of drug-likeness (QED) is 0.400. The van der Waals surface area contributed by atoms with E-state index in [1.54, 1.807) is 23.4 Å². The standard InChI is InChI=1S/C7H5Cl2NO/c8-6-2-1-5(4-10-11)3-7(6)9/h1-4,10H. The predicted octanol–water partition coefficient (Wildman–Crippen LogP) is 0.991. The van der Waals surface area contributed by atoms with Gasteiger partial charge < -0.3 is 5.21 Å². The summed E-state index contributed by atoms with van der Waals surface area (Å²) in [5.74, 6) is 0. The zero-order valence-corrected chi connectivity index (χ0v) is 6.99. The SMILES string of the molecule is [O-][NH+]=Cc1ccc(Cl)c(Cl)c1. The fourth-order valence-electron chi connectivity index (χ4n) is 0.670. The summed E-state index contributed by atoms with van der Waals surface area (Å²) in [6, 6.07) is 4.93. The highest BCUT2D eigenvalue weighted by atomic mass is 35.5. The van der Waals surface area contributed by atoms with Gasteiger partial charge in [-0.3, -0.25) is 0 Å². The minimum absolute atomic E-state index is 0.440. The van der Waals surface area contributed by atoms with Gasteiger partial charge in [0.05, 0.1) is 10.0 Å². The van der Waals surface area contributed by atoms with E-state index in [2.05, 4.69) is 0 Å². The van der Waals surface area contributed by atoms with E-state index in [1.807, 2.05) is 0 Å². The average Bonchev–Trinajstić information content (AvgIpc) is 1.98. The number of rotatable bonds is 1. The Morgan fingerprint density at radius 1 is 1.27 bits per heavy atom. The Morgan fingerprint density at radius 3 is 2.55 bits per heavy atom. The van der Waals surface area contributed by atoms with Gasteiger partial charge >= 0.3 is 0 Å². The third-order valence-electron chi connectivity index (χ3n) is 1.17. The van der Waals surface area contributed by atoms with Gasteiger partial charge in [-0.25, -0.2) is 5.16 Å². The third kappa shape index (κ3) is 2.10. The van der Waals surface area contributed by atoms with Crippen LogP contribution in [0.2, 0.25) is 10.0 Å². The summed E-state index contributed by atoms with van der Waals surface area (Å²) < 4.78 is 0. The van der Waals surface area contributed by atoms with Gasteiger partial charge in [-0.2, -0.15) is 0 Å². The molecular weight excluding hydrogens is 185 g/mol. The van der Waals surface area contributed by atoms with Crippen LogP contribution in [0.15, 0.2) is 18.2 Å². The summed E-state index contributed by atoms with van der Waals surface area (Å²) in [5.41, 5.74) is 0.703. The van der Waals surface area contributed by atoms with Gasteiger partial charge in [0.25, 0.3) is 0 Å². The Morgan fingerprint density at radius 2 is 2.00 bits per heavy atom. The van der Waals surface area contributed by atoms with Crippen molar-refractivity contribution in [3.8, 4) is 0 Å². The molecule has 0 spiro atoms. The van der Waals surface area contributed by atoms with Crippen molar-refractivity contribution >= 4 is 29.4 Å². The van der Waals surface area contributed by atoms with Gasteiger partial charge in [-0.05, 0) is 18.2 Å². The molecule has 1 rings (SSSR count). The van der Waals surface area contributed by atoms with E-state index in [4.69, 9.17) is 23.2 Å². The maximum atomic E-state index is 9.91. The molecule has 0 aliphatic carbocycles. The van der Waals surface area contributed by atoms with E-state index in [9.17, 15) is 5.21 Å². The number of hydrogen-bond donors (Lipinski definition) is 1. The van der Waals surface area contributed by atoms with Gasteiger partial charge in [0.2, 0.25) is 0 Å². The van der Waals surface area contributed by atoms with Crippen molar-refractivity contribution in [2.45, 2.75) is 0 Å². The Labute approximate surface area is 74.0 Å².